The monoisotopic (exact) mass is 509 g/mol. The fraction of sp³-hybridized carbons (Fsp3) is 0.182. The standard InChI is InChI=1S/C22H19F4N5O3S/c1-12(30-35(2,33)34)21(32)29-20-10-27-19-8-18(23)16(7-17(19)20)13-9-28-31(11-13)15-5-3-14(4-6-15)22(24,25)26/h3-12,27,30H,1-2H3,(H,29,32). The molecule has 0 radical (unpaired) electrons. The molecule has 1 amide bonds. The van der Waals surface area contributed by atoms with Crippen LogP contribution in [0.25, 0.3) is 27.7 Å². The summed E-state index contributed by atoms with van der Waals surface area (Å²) in [4.78, 5) is 15.2. The second kappa shape index (κ2) is 8.82. The molecule has 4 rings (SSSR count). The SMILES string of the molecule is CC(NS(C)(=O)=O)C(=O)Nc1c[nH]c2cc(F)c(-c3cnn(-c4ccc(C(F)(F)F)cc4)c3)cc12. The molecule has 0 aliphatic rings. The van der Waals surface area contributed by atoms with E-state index in [2.05, 4.69) is 20.1 Å². The number of hydrogen-bond donors (Lipinski definition) is 3. The van der Waals surface area contributed by atoms with Gasteiger partial charge in [-0.2, -0.15) is 18.3 Å². The van der Waals surface area contributed by atoms with Crippen molar-refractivity contribution in [1.29, 1.82) is 0 Å². The highest BCUT2D eigenvalue weighted by Gasteiger charge is 2.30. The van der Waals surface area contributed by atoms with Crippen LogP contribution < -0.4 is 10.0 Å². The number of hydrogen-bond acceptors (Lipinski definition) is 4. The molecule has 8 nitrogen and oxygen atoms in total. The van der Waals surface area contributed by atoms with Crippen LogP contribution in [0, 0.1) is 5.82 Å². The number of benzene rings is 2. The maximum Gasteiger partial charge on any atom is 0.416 e. The number of sulfonamides is 1. The molecular weight excluding hydrogens is 490 g/mol. The minimum Gasteiger partial charge on any atom is -0.359 e. The largest absolute Gasteiger partial charge is 0.416 e. The van der Waals surface area contributed by atoms with Crippen LogP contribution in [-0.4, -0.2) is 41.4 Å². The maximum absolute atomic E-state index is 14.8. The molecule has 4 aromatic rings. The summed E-state index contributed by atoms with van der Waals surface area (Å²) in [7, 11) is -3.60. The summed E-state index contributed by atoms with van der Waals surface area (Å²) in [6, 6.07) is 6.04. The van der Waals surface area contributed by atoms with Crippen molar-refractivity contribution in [3.8, 4) is 16.8 Å². The van der Waals surface area contributed by atoms with E-state index < -0.39 is 39.5 Å². The summed E-state index contributed by atoms with van der Waals surface area (Å²) < 4.78 is 79.5. The first-order chi connectivity index (χ1) is 16.3. The van der Waals surface area contributed by atoms with Crippen LogP contribution in [0.15, 0.2) is 55.0 Å². The van der Waals surface area contributed by atoms with E-state index in [1.165, 1.54) is 54.5 Å². The van der Waals surface area contributed by atoms with E-state index in [9.17, 15) is 30.8 Å². The second-order valence-electron chi connectivity index (χ2n) is 7.90. The summed E-state index contributed by atoms with van der Waals surface area (Å²) in [6.07, 6.45) is 0.752. The number of aromatic amines is 1. The first-order valence-corrected chi connectivity index (χ1v) is 12.0. The third-order valence-corrected chi connectivity index (χ3v) is 5.95. The Labute approximate surface area is 197 Å². The highest BCUT2D eigenvalue weighted by molar-refractivity contribution is 7.88. The van der Waals surface area contributed by atoms with Crippen LogP contribution in [0.2, 0.25) is 0 Å². The Balaban J connectivity index is 1.63. The molecule has 0 saturated carbocycles. The van der Waals surface area contributed by atoms with Gasteiger partial charge in [0.05, 0.1) is 40.9 Å². The number of alkyl halides is 3. The van der Waals surface area contributed by atoms with Gasteiger partial charge in [-0.15, -0.1) is 0 Å². The number of fused-ring (bicyclic) bond motifs is 1. The Morgan fingerprint density at radius 1 is 1.17 bits per heavy atom. The zero-order valence-corrected chi connectivity index (χ0v) is 19.1. The van der Waals surface area contributed by atoms with Gasteiger partial charge in [0.2, 0.25) is 15.9 Å². The number of carbonyl (C=O) groups excluding carboxylic acids is 1. The fourth-order valence-electron chi connectivity index (χ4n) is 3.49. The number of nitrogens with one attached hydrogen (secondary N) is 3. The van der Waals surface area contributed by atoms with Gasteiger partial charge in [-0.05, 0) is 43.3 Å². The van der Waals surface area contributed by atoms with Gasteiger partial charge in [-0.1, -0.05) is 0 Å². The van der Waals surface area contributed by atoms with Crippen LogP contribution >= 0.6 is 0 Å². The molecule has 0 spiro atoms. The lowest BCUT2D eigenvalue weighted by atomic mass is 10.1. The normalized spacial score (nSPS) is 13.2. The Morgan fingerprint density at radius 2 is 1.86 bits per heavy atom. The van der Waals surface area contributed by atoms with Crippen molar-refractivity contribution in [2.45, 2.75) is 19.1 Å². The zero-order chi connectivity index (χ0) is 25.5. The topological polar surface area (TPSA) is 109 Å². The van der Waals surface area contributed by atoms with Gasteiger partial charge < -0.3 is 10.3 Å². The van der Waals surface area contributed by atoms with E-state index in [0.717, 1.165) is 18.4 Å². The molecule has 3 N–H and O–H groups in total. The quantitative estimate of drug-likeness (QED) is 0.341. The number of rotatable bonds is 6. The minimum atomic E-state index is -4.46. The predicted octanol–water partition coefficient (Wildman–Crippen LogP) is 4.05. The third-order valence-electron chi connectivity index (χ3n) is 5.16. The summed E-state index contributed by atoms with van der Waals surface area (Å²) in [5, 5.41) is 7.18. The molecule has 2 aromatic carbocycles. The molecular formula is C22H19F4N5O3S. The van der Waals surface area contributed by atoms with Gasteiger partial charge in [-0.3, -0.25) is 4.79 Å². The average Bonchev–Trinajstić information content (AvgIpc) is 3.39. The average molecular weight is 509 g/mol. The van der Waals surface area contributed by atoms with Gasteiger partial charge >= 0.3 is 6.18 Å². The molecule has 35 heavy (non-hydrogen) atoms. The number of amides is 1. The molecule has 0 aliphatic carbocycles. The van der Waals surface area contributed by atoms with Crippen LogP contribution in [0.1, 0.15) is 12.5 Å². The maximum atomic E-state index is 14.8. The molecule has 1 unspecified atom stereocenters. The van der Waals surface area contributed by atoms with Crippen molar-refractivity contribution >= 4 is 32.5 Å². The summed E-state index contributed by atoms with van der Waals surface area (Å²) in [6.45, 7) is 1.38. The molecule has 0 bridgehead atoms. The van der Waals surface area contributed by atoms with Gasteiger partial charge in [0.25, 0.3) is 0 Å². The van der Waals surface area contributed by atoms with Crippen LogP contribution in [0.3, 0.4) is 0 Å². The lowest BCUT2D eigenvalue weighted by molar-refractivity contribution is -0.137. The molecule has 2 heterocycles. The van der Waals surface area contributed by atoms with Crippen LogP contribution in [0.4, 0.5) is 23.2 Å². The van der Waals surface area contributed by atoms with Crippen LogP contribution in [0.5, 0.6) is 0 Å². The number of H-pyrrole nitrogens is 1. The Hall–Kier alpha value is -3.71. The van der Waals surface area contributed by atoms with Gasteiger partial charge in [-0.25, -0.2) is 22.2 Å². The van der Waals surface area contributed by atoms with E-state index in [4.69, 9.17) is 0 Å². The van der Waals surface area contributed by atoms with E-state index in [1.807, 2.05) is 0 Å². The second-order valence-corrected chi connectivity index (χ2v) is 9.68. The van der Waals surface area contributed by atoms with Gasteiger partial charge in [0.15, 0.2) is 0 Å². The molecule has 2 aromatic heterocycles. The Bertz CT molecular complexity index is 1510. The molecule has 184 valence electrons. The first kappa shape index (κ1) is 24.4. The lowest BCUT2D eigenvalue weighted by Crippen LogP contribution is -2.40. The lowest BCUT2D eigenvalue weighted by Gasteiger charge is -2.12. The minimum absolute atomic E-state index is 0.146. The van der Waals surface area contributed by atoms with Crippen molar-refractivity contribution in [2.24, 2.45) is 0 Å². The predicted molar refractivity (Wildman–Crippen MR) is 122 cm³/mol. The van der Waals surface area contributed by atoms with E-state index >= 15 is 0 Å². The van der Waals surface area contributed by atoms with Crippen molar-refractivity contribution in [3.05, 3.63) is 66.4 Å². The summed E-state index contributed by atoms with van der Waals surface area (Å²) in [5.41, 5.74) is 0.757. The number of halogens is 4. The summed E-state index contributed by atoms with van der Waals surface area (Å²) in [5.74, 6) is -1.20. The molecule has 1 atom stereocenters. The van der Waals surface area contributed by atoms with Gasteiger partial charge in [0.1, 0.15) is 5.82 Å². The summed E-state index contributed by atoms with van der Waals surface area (Å²) >= 11 is 0. The zero-order valence-electron chi connectivity index (χ0n) is 18.3. The first-order valence-electron chi connectivity index (χ1n) is 10.1. The van der Waals surface area contributed by atoms with Crippen LogP contribution in [-0.2, 0) is 21.0 Å². The van der Waals surface area contributed by atoms with Crippen molar-refractivity contribution < 1.29 is 30.8 Å². The molecule has 13 heteroatoms. The Kier molecular flexibility index (Phi) is 6.15. The molecule has 0 aliphatic heterocycles. The van der Waals surface area contributed by atoms with Gasteiger partial charge in [0, 0.05) is 28.9 Å². The molecule has 0 fully saturated rings. The van der Waals surface area contributed by atoms with E-state index in [-0.39, 0.29) is 5.56 Å². The van der Waals surface area contributed by atoms with E-state index in [1.54, 1.807) is 0 Å². The number of aromatic nitrogens is 3. The third kappa shape index (κ3) is 5.35. The van der Waals surface area contributed by atoms with Crippen molar-refractivity contribution in [3.63, 3.8) is 0 Å². The molecule has 0 saturated heterocycles. The van der Waals surface area contributed by atoms with Crippen molar-refractivity contribution in [1.82, 2.24) is 19.5 Å². The van der Waals surface area contributed by atoms with E-state index in [0.29, 0.717) is 27.8 Å². The fourth-order valence-corrected chi connectivity index (χ4v) is 4.24. The smallest absolute Gasteiger partial charge is 0.359 e. The Morgan fingerprint density at radius 3 is 2.49 bits per heavy atom. The number of nitrogens with zero attached hydrogens (tertiary/aromatic N) is 2. The van der Waals surface area contributed by atoms with Crippen molar-refractivity contribution in [2.75, 3.05) is 11.6 Å². The highest BCUT2D eigenvalue weighted by atomic mass is 32.2. The number of anilines is 1. The number of carbonyl (C=O) groups is 1. The highest BCUT2D eigenvalue weighted by Crippen LogP contribution is 2.33.